The van der Waals surface area contributed by atoms with E-state index in [0.717, 1.165) is 38.4 Å². The maximum atomic E-state index is 11.5. The second kappa shape index (κ2) is 5.96. The molecule has 0 saturated heterocycles. The summed E-state index contributed by atoms with van der Waals surface area (Å²) < 4.78 is 5.46. The highest BCUT2D eigenvalue weighted by Gasteiger charge is 2.15. The van der Waals surface area contributed by atoms with Crippen LogP contribution in [0, 0.1) is 13.8 Å². The fourth-order valence-electron chi connectivity index (χ4n) is 2.63. The van der Waals surface area contributed by atoms with Crippen LogP contribution in [0.1, 0.15) is 18.2 Å². The van der Waals surface area contributed by atoms with Crippen molar-refractivity contribution < 1.29 is 9.53 Å². The molecule has 3 rings (SSSR count). The van der Waals surface area contributed by atoms with Crippen molar-refractivity contribution in [3.63, 3.8) is 0 Å². The van der Waals surface area contributed by atoms with Crippen LogP contribution in [-0.4, -0.2) is 23.0 Å². The molecule has 0 spiro atoms. The molecule has 0 unspecified atom stereocenters. The molecule has 0 radical (unpaired) electrons. The highest BCUT2D eigenvalue weighted by molar-refractivity contribution is 7.13. The number of aromatic nitrogens is 2. The lowest BCUT2D eigenvalue weighted by Crippen LogP contribution is -2.07. The van der Waals surface area contributed by atoms with Gasteiger partial charge < -0.3 is 10.1 Å². The Morgan fingerprint density at radius 1 is 1.30 bits per heavy atom. The summed E-state index contributed by atoms with van der Waals surface area (Å²) in [5, 5.41) is 3.76. The summed E-state index contributed by atoms with van der Waals surface area (Å²) in [6.07, 6.45) is 0. The van der Waals surface area contributed by atoms with Gasteiger partial charge in [0.2, 0.25) is 5.91 Å². The second-order valence-corrected chi connectivity index (χ2v) is 6.17. The van der Waals surface area contributed by atoms with Gasteiger partial charge in [-0.3, -0.25) is 4.79 Å². The van der Waals surface area contributed by atoms with Crippen LogP contribution < -0.4 is 10.1 Å². The molecule has 1 N–H and O–H groups in total. The van der Waals surface area contributed by atoms with Gasteiger partial charge in [-0.15, -0.1) is 11.3 Å². The van der Waals surface area contributed by atoms with E-state index in [1.54, 1.807) is 18.4 Å². The standard InChI is InChI=1S/C17H17N3O2S/c1-9-7-13(17-10(2)18-8-23-17)20-16-14(22-4)6-5-12(15(9)16)19-11(3)21/h5-8H,1-4H3,(H,19,21). The molecular formula is C17H17N3O2S. The molecule has 0 fully saturated rings. The van der Waals surface area contributed by atoms with Crippen LogP contribution in [0.2, 0.25) is 0 Å². The van der Waals surface area contributed by atoms with Crippen molar-refractivity contribution in [3.8, 4) is 16.3 Å². The fourth-order valence-corrected chi connectivity index (χ4v) is 3.40. The van der Waals surface area contributed by atoms with Crippen LogP contribution in [0.4, 0.5) is 5.69 Å². The zero-order valence-corrected chi connectivity index (χ0v) is 14.2. The lowest BCUT2D eigenvalue weighted by molar-refractivity contribution is -0.114. The molecule has 6 heteroatoms. The van der Waals surface area contributed by atoms with Crippen molar-refractivity contribution in [2.75, 3.05) is 12.4 Å². The number of nitrogens with zero attached hydrogens (tertiary/aromatic N) is 2. The predicted molar refractivity (Wildman–Crippen MR) is 93.2 cm³/mol. The van der Waals surface area contributed by atoms with E-state index in [0.29, 0.717) is 5.75 Å². The lowest BCUT2D eigenvalue weighted by Gasteiger charge is -2.14. The quantitative estimate of drug-likeness (QED) is 0.791. The number of ether oxygens (including phenoxy) is 1. The number of hydrogen-bond acceptors (Lipinski definition) is 5. The monoisotopic (exact) mass is 327 g/mol. The third-order valence-electron chi connectivity index (χ3n) is 3.63. The Morgan fingerprint density at radius 2 is 2.09 bits per heavy atom. The summed E-state index contributed by atoms with van der Waals surface area (Å²) in [5.74, 6) is 0.569. The summed E-state index contributed by atoms with van der Waals surface area (Å²) in [4.78, 5) is 21.6. The van der Waals surface area contributed by atoms with Crippen LogP contribution in [0.25, 0.3) is 21.5 Å². The maximum Gasteiger partial charge on any atom is 0.221 e. The minimum absolute atomic E-state index is 0.113. The topological polar surface area (TPSA) is 64.1 Å². The Labute approximate surface area is 138 Å². The lowest BCUT2D eigenvalue weighted by atomic mass is 10.1. The summed E-state index contributed by atoms with van der Waals surface area (Å²) in [7, 11) is 1.62. The summed E-state index contributed by atoms with van der Waals surface area (Å²) >= 11 is 1.56. The molecule has 0 aliphatic heterocycles. The van der Waals surface area contributed by atoms with Gasteiger partial charge in [0.25, 0.3) is 0 Å². The smallest absolute Gasteiger partial charge is 0.221 e. The summed E-state index contributed by atoms with van der Waals surface area (Å²) in [6.45, 7) is 5.47. The molecule has 5 nitrogen and oxygen atoms in total. The molecule has 1 amide bonds. The van der Waals surface area contributed by atoms with Gasteiger partial charge in [0.1, 0.15) is 11.3 Å². The molecule has 0 aliphatic rings. The van der Waals surface area contributed by atoms with Crippen molar-refractivity contribution in [3.05, 3.63) is 35.0 Å². The number of rotatable bonds is 3. The van der Waals surface area contributed by atoms with E-state index in [-0.39, 0.29) is 5.91 Å². The van der Waals surface area contributed by atoms with E-state index < -0.39 is 0 Å². The largest absolute Gasteiger partial charge is 0.494 e. The molecule has 2 heterocycles. The SMILES string of the molecule is COc1ccc(NC(C)=O)c2c(C)cc(-c3scnc3C)nc12. The Kier molecular flexibility index (Phi) is 4.00. The van der Waals surface area contributed by atoms with Gasteiger partial charge in [0, 0.05) is 12.3 Å². The van der Waals surface area contributed by atoms with Gasteiger partial charge in [0.05, 0.1) is 34.6 Å². The van der Waals surface area contributed by atoms with Crippen molar-refractivity contribution in [2.45, 2.75) is 20.8 Å². The molecule has 0 atom stereocenters. The molecule has 0 saturated carbocycles. The molecule has 2 aromatic heterocycles. The maximum absolute atomic E-state index is 11.5. The van der Waals surface area contributed by atoms with Crippen LogP contribution in [0.3, 0.4) is 0 Å². The first-order valence-electron chi connectivity index (χ1n) is 7.17. The van der Waals surface area contributed by atoms with Crippen LogP contribution >= 0.6 is 11.3 Å². The molecule has 118 valence electrons. The van der Waals surface area contributed by atoms with Gasteiger partial charge in [-0.05, 0) is 37.6 Å². The minimum atomic E-state index is -0.113. The van der Waals surface area contributed by atoms with E-state index in [2.05, 4.69) is 10.3 Å². The average molecular weight is 327 g/mol. The number of pyridine rings is 1. The predicted octanol–water partition coefficient (Wildman–Crippen LogP) is 3.94. The van der Waals surface area contributed by atoms with Crippen LogP contribution in [0.5, 0.6) is 5.75 Å². The number of amides is 1. The first-order valence-corrected chi connectivity index (χ1v) is 8.05. The third-order valence-corrected chi connectivity index (χ3v) is 4.58. The van der Waals surface area contributed by atoms with Crippen molar-refractivity contribution in [1.29, 1.82) is 0 Å². The molecule has 1 aromatic carbocycles. The number of benzene rings is 1. The number of aryl methyl sites for hydroxylation is 2. The summed E-state index contributed by atoms with van der Waals surface area (Å²) in [5.41, 5.74) is 6.15. The Hall–Kier alpha value is -2.47. The number of methoxy groups -OCH3 is 1. The van der Waals surface area contributed by atoms with Gasteiger partial charge in [-0.1, -0.05) is 0 Å². The molecule has 0 bridgehead atoms. The number of thiazole rings is 1. The minimum Gasteiger partial charge on any atom is -0.494 e. The zero-order valence-electron chi connectivity index (χ0n) is 13.4. The fraction of sp³-hybridized carbons (Fsp3) is 0.235. The highest BCUT2D eigenvalue weighted by atomic mass is 32.1. The van der Waals surface area contributed by atoms with Crippen LogP contribution in [0.15, 0.2) is 23.7 Å². The Bertz CT molecular complexity index is 902. The molecule has 3 aromatic rings. The molecular weight excluding hydrogens is 310 g/mol. The first kappa shape index (κ1) is 15.4. The number of carbonyl (C=O) groups excluding carboxylic acids is 1. The second-order valence-electron chi connectivity index (χ2n) is 5.31. The van der Waals surface area contributed by atoms with Crippen LogP contribution in [-0.2, 0) is 4.79 Å². The van der Waals surface area contributed by atoms with Gasteiger partial charge in [-0.25, -0.2) is 9.97 Å². The number of hydrogen-bond donors (Lipinski definition) is 1. The highest BCUT2D eigenvalue weighted by Crippen LogP contribution is 2.36. The molecule has 0 aliphatic carbocycles. The van der Waals surface area contributed by atoms with E-state index in [1.807, 2.05) is 37.6 Å². The number of anilines is 1. The number of nitrogens with one attached hydrogen (secondary N) is 1. The summed E-state index contributed by atoms with van der Waals surface area (Å²) in [6, 6.07) is 5.69. The van der Waals surface area contributed by atoms with E-state index in [4.69, 9.17) is 9.72 Å². The van der Waals surface area contributed by atoms with E-state index in [9.17, 15) is 4.79 Å². The zero-order chi connectivity index (χ0) is 16.6. The van der Waals surface area contributed by atoms with E-state index >= 15 is 0 Å². The van der Waals surface area contributed by atoms with Gasteiger partial charge >= 0.3 is 0 Å². The third kappa shape index (κ3) is 2.77. The Morgan fingerprint density at radius 3 is 2.70 bits per heavy atom. The molecule has 23 heavy (non-hydrogen) atoms. The van der Waals surface area contributed by atoms with Crippen molar-refractivity contribution in [2.24, 2.45) is 0 Å². The van der Waals surface area contributed by atoms with E-state index in [1.165, 1.54) is 6.92 Å². The Balaban J connectivity index is 2.30. The average Bonchev–Trinajstić information content (AvgIpc) is 2.92. The van der Waals surface area contributed by atoms with Gasteiger partial charge in [0.15, 0.2) is 0 Å². The van der Waals surface area contributed by atoms with Crippen molar-refractivity contribution in [1.82, 2.24) is 9.97 Å². The number of carbonyl (C=O) groups is 1. The normalized spacial score (nSPS) is 10.8. The van der Waals surface area contributed by atoms with Gasteiger partial charge in [-0.2, -0.15) is 0 Å². The first-order chi connectivity index (χ1) is 11.0. The van der Waals surface area contributed by atoms with Crippen molar-refractivity contribution >= 4 is 33.8 Å². The number of fused-ring (bicyclic) bond motifs is 1.